The summed E-state index contributed by atoms with van der Waals surface area (Å²) >= 11 is 2.25. The fraction of sp³-hybridized carbons (Fsp3) is 0.250. The van der Waals surface area contributed by atoms with Crippen LogP contribution in [0.15, 0.2) is 54.7 Å². The molecule has 2 aromatic carbocycles. The van der Waals surface area contributed by atoms with Crippen molar-refractivity contribution in [3.05, 3.63) is 69.4 Å². The SMILES string of the molecule is CCCC(C)n1cc(C(=O)c2cccc(I)c2)c2ccccc21. The van der Waals surface area contributed by atoms with Crippen molar-refractivity contribution in [2.45, 2.75) is 32.7 Å². The second-order valence-electron chi connectivity index (χ2n) is 5.94. The van der Waals surface area contributed by atoms with Crippen LogP contribution in [0.5, 0.6) is 0 Å². The molecule has 2 nitrogen and oxygen atoms in total. The lowest BCUT2D eigenvalue weighted by atomic mass is 10.0. The van der Waals surface area contributed by atoms with E-state index < -0.39 is 0 Å². The third kappa shape index (κ3) is 3.20. The topological polar surface area (TPSA) is 22.0 Å². The van der Waals surface area contributed by atoms with E-state index in [1.807, 2.05) is 48.7 Å². The summed E-state index contributed by atoms with van der Waals surface area (Å²) in [6, 6.07) is 16.4. The molecule has 23 heavy (non-hydrogen) atoms. The molecule has 0 saturated carbocycles. The van der Waals surface area contributed by atoms with Gasteiger partial charge in [0.1, 0.15) is 0 Å². The third-order valence-corrected chi connectivity index (χ3v) is 4.92. The molecule has 0 amide bonds. The number of para-hydroxylation sites is 1. The average molecular weight is 417 g/mol. The summed E-state index contributed by atoms with van der Waals surface area (Å²) in [5.41, 5.74) is 2.69. The van der Waals surface area contributed by atoms with Crippen molar-refractivity contribution in [1.29, 1.82) is 0 Å². The molecule has 0 fully saturated rings. The number of carbonyl (C=O) groups excluding carboxylic acids is 1. The van der Waals surface area contributed by atoms with Crippen molar-refractivity contribution in [3.8, 4) is 0 Å². The number of halogens is 1. The number of hydrogen-bond donors (Lipinski definition) is 0. The molecule has 0 aliphatic rings. The van der Waals surface area contributed by atoms with Gasteiger partial charge in [0.25, 0.3) is 0 Å². The monoisotopic (exact) mass is 417 g/mol. The van der Waals surface area contributed by atoms with Crippen LogP contribution in [-0.4, -0.2) is 10.4 Å². The Labute approximate surface area is 150 Å². The maximum absolute atomic E-state index is 13.0. The third-order valence-electron chi connectivity index (χ3n) is 4.25. The fourth-order valence-electron chi connectivity index (χ4n) is 3.09. The van der Waals surface area contributed by atoms with E-state index in [0.717, 1.165) is 38.4 Å². The highest BCUT2D eigenvalue weighted by Crippen LogP contribution is 2.28. The molecule has 1 heterocycles. The minimum absolute atomic E-state index is 0.0992. The Kier molecular flexibility index (Phi) is 4.85. The maximum atomic E-state index is 13.0. The molecule has 3 heteroatoms. The van der Waals surface area contributed by atoms with Crippen molar-refractivity contribution in [1.82, 2.24) is 4.57 Å². The number of benzene rings is 2. The molecule has 0 bridgehead atoms. The van der Waals surface area contributed by atoms with Crippen LogP contribution in [0.1, 0.15) is 48.7 Å². The molecule has 3 rings (SSSR count). The first-order chi connectivity index (χ1) is 11.1. The van der Waals surface area contributed by atoms with E-state index in [4.69, 9.17) is 0 Å². The van der Waals surface area contributed by atoms with Crippen LogP contribution < -0.4 is 0 Å². The van der Waals surface area contributed by atoms with E-state index in [1.165, 1.54) is 0 Å². The molecule has 118 valence electrons. The highest BCUT2D eigenvalue weighted by molar-refractivity contribution is 14.1. The van der Waals surface area contributed by atoms with Gasteiger partial charge in [-0.05, 0) is 54.1 Å². The number of aromatic nitrogens is 1. The van der Waals surface area contributed by atoms with Gasteiger partial charge >= 0.3 is 0 Å². The largest absolute Gasteiger partial charge is 0.344 e. The Morgan fingerprint density at radius 2 is 1.96 bits per heavy atom. The van der Waals surface area contributed by atoms with Crippen LogP contribution in [0.25, 0.3) is 10.9 Å². The van der Waals surface area contributed by atoms with Gasteiger partial charge in [0, 0.05) is 37.8 Å². The minimum atomic E-state index is 0.0992. The number of fused-ring (bicyclic) bond motifs is 1. The molecule has 0 aliphatic carbocycles. The molecular formula is C20H20INO. The molecule has 0 aliphatic heterocycles. The summed E-state index contributed by atoms with van der Waals surface area (Å²) in [6.07, 6.45) is 4.27. The van der Waals surface area contributed by atoms with Crippen molar-refractivity contribution >= 4 is 39.3 Å². The molecule has 0 spiro atoms. The van der Waals surface area contributed by atoms with Gasteiger partial charge in [-0.2, -0.15) is 0 Å². The second kappa shape index (κ2) is 6.87. The molecule has 1 unspecified atom stereocenters. The average Bonchev–Trinajstić information content (AvgIpc) is 2.94. The number of rotatable bonds is 5. The number of nitrogens with zero attached hydrogens (tertiary/aromatic N) is 1. The van der Waals surface area contributed by atoms with Gasteiger partial charge in [-0.1, -0.05) is 43.7 Å². The lowest BCUT2D eigenvalue weighted by molar-refractivity contribution is 0.104. The second-order valence-corrected chi connectivity index (χ2v) is 7.19. The normalized spacial score (nSPS) is 12.5. The smallest absolute Gasteiger partial charge is 0.195 e. The summed E-state index contributed by atoms with van der Waals surface area (Å²) in [5.74, 6) is 0.0992. The number of carbonyl (C=O) groups is 1. The van der Waals surface area contributed by atoms with E-state index in [0.29, 0.717) is 6.04 Å². The summed E-state index contributed by atoms with van der Waals surface area (Å²) in [4.78, 5) is 13.0. The molecule has 3 aromatic rings. The van der Waals surface area contributed by atoms with Crippen LogP contribution in [-0.2, 0) is 0 Å². The predicted molar refractivity (Wildman–Crippen MR) is 104 cm³/mol. The standard InChI is InChI=1S/C20H20INO/c1-3-7-14(2)22-13-18(17-10-4-5-11-19(17)22)20(23)15-8-6-9-16(21)12-15/h4-6,8-14H,3,7H2,1-2H3. The Balaban J connectivity index is 2.12. The quantitative estimate of drug-likeness (QED) is 0.378. The van der Waals surface area contributed by atoms with Crippen LogP contribution in [0.2, 0.25) is 0 Å². The molecule has 0 N–H and O–H groups in total. The van der Waals surface area contributed by atoms with E-state index >= 15 is 0 Å². The Morgan fingerprint density at radius 3 is 2.70 bits per heavy atom. The van der Waals surface area contributed by atoms with Gasteiger partial charge in [0.15, 0.2) is 5.78 Å². The fourth-order valence-corrected chi connectivity index (χ4v) is 3.64. The van der Waals surface area contributed by atoms with Crippen LogP contribution >= 0.6 is 22.6 Å². The van der Waals surface area contributed by atoms with Gasteiger partial charge in [0.2, 0.25) is 0 Å². The van der Waals surface area contributed by atoms with Gasteiger partial charge in [-0.25, -0.2) is 0 Å². The van der Waals surface area contributed by atoms with E-state index in [-0.39, 0.29) is 5.78 Å². The van der Waals surface area contributed by atoms with E-state index in [9.17, 15) is 4.79 Å². The minimum Gasteiger partial charge on any atom is -0.344 e. The molecular weight excluding hydrogens is 397 g/mol. The highest BCUT2D eigenvalue weighted by Gasteiger charge is 2.18. The summed E-state index contributed by atoms with van der Waals surface area (Å²) in [6.45, 7) is 4.41. The van der Waals surface area contributed by atoms with E-state index in [1.54, 1.807) is 0 Å². The van der Waals surface area contributed by atoms with Crippen molar-refractivity contribution in [2.75, 3.05) is 0 Å². The molecule has 0 saturated heterocycles. The van der Waals surface area contributed by atoms with Crippen LogP contribution in [0, 0.1) is 3.57 Å². The zero-order chi connectivity index (χ0) is 16.4. The van der Waals surface area contributed by atoms with Gasteiger partial charge in [0.05, 0.1) is 0 Å². The lowest BCUT2D eigenvalue weighted by Crippen LogP contribution is -2.04. The highest BCUT2D eigenvalue weighted by atomic mass is 127. The first kappa shape index (κ1) is 16.2. The molecule has 0 radical (unpaired) electrons. The zero-order valence-electron chi connectivity index (χ0n) is 13.4. The summed E-state index contributed by atoms with van der Waals surface area (Å²) < 4.78 is 3.33. The number of ketones is 1. The van der Waals surface area contributed by atoms with E-state index in [2.05, 4.69) is 47.1 Å². The number of hydrogen-bond acceptors (Lipinski definition) is 1. The summed E-state index contributed by atoms with van der Waals surface area (Å²) in [7, 11) is 0. The summed E-state index contributed by atoms with van der Waals surface area (Å²) in [5, 5.41) is 1.04. The maximum Gasteiger partial charge on any atom is 0.195 e. The van der Waals surface area contributed by atoms with Gasteiger partial charge in [-0.3, -0.25) is 4.79 Å². The Morgan fingerprint density at radius 1 is 1.17 bits per heavy atom. The van der Waals surface area contributed by atoms with Gasteiger partial charge in [-0.15, -0.1) is 0 Å². The van der Waals surface area contributed by atoms with Crippen LogP contribution in [0.4, 0.5) is 0 Å². The predicted octanol–water partition coefficient (Wildman–Crippen LogP) is 5.84. The lowest BCUT2D eigenvalue weighted by Gasteiger charge is -2.13. The van der Waals surface area contributed by atoms with Gasteiger partial charge < -0.3 is 4.57 Å². The van der Waals surface area contributed by atoms with Crippen molar-refractivity contribution in [2.24, 2.45) is 0 Å². The first-order valence-electron chi connectivity index (χ1n) is 8.01. The molecule has 1 atom stereocenters. The van der Waals surface area contributed by atoms with Crippen LogP contribution in [0.3, 0.4) is 0 Å². The molecule has 1 aromatic heterocycles. The Hall–Kier alpha value is -1.62. The Bertz CT molecular complexity index is 850. The first-order valence-corrected chi connectivity index (χ1v) is 9.09. The van der Waals surface area contributed by atoms with Crippen molar-refractivity contribution in [3.63, 3.8) is 0 Å². The zero-order valence-corrected chi connectivity index (χ0v) is 15.6. The van der Waals surface area contributed by atoms with Crippen molar-refractivity contribution < 1.29 is 4.79 Å².